The van der Waals surface area contributed by atoms with Crippen molar-refractivity contribution in [3.8, 4) is 0 Å². The number of nitrogens with zero attached hydrogens (tertiary/aromatic N) is 5. The van der Waals surface area contributed by atoms with Gasteiger partial charge in [0.15, 0.2) is 11.8 Å². The normalized spacial score (nSPS) is 11.7. The predicted molar refractivity (Wildman–Crippen MR) is 99.2 cm³/mol. The van der Waals surface area contributed by atoms with E-state index in [0.717, 1.165) is 36.1 Å². The van der Waals surface area contributed by atoms with Crippen molar-refractivity contribution < 1.29 is 9.13 Å². The molecule has 2 rings (SSSR count). The Morgan fingerprint density at radius 3 is 2.85 bits per heavy atom. The standard InChI is InChI=1S/C18H27FN6O/c1-14-22-23-17(25(14)3)12-21-18(20-9-6-10-26-4)24(2)13-15-7-5-8-16(19)11-15/h5,7-8,11H,6,9-10,12-13H2,1-4H3,(H,20,21). The van der Waals surface area contributed by atoms with E-state index in [1.165, 1.54) is 12.1 Å². The summed E-state index contributed by atoms with van der Waals surface area (Å²) in [7, 11) is 5.53. The van der Waals surface area contributed by atoms with Crippen LogP contribution in [0.25, 0.3) is 0 Å². The lowest BCUT2D eigenvalue weighted by molar-refractivity contribution is 0.195. The Bertz CT molecular complexity index is 730. The number of benzene rings is 1. The second-order valence-electron chi connectivity index (χ2n) is 6.12. The summed E-state index contributed by atoms with van der Waals surface area (Å²) >= 11 is 0. The Hall–Kier alpha value is -2.48. The van der Waals surface area contributed by atoms with Crippen LogP contribution in [0.5, 0.6) is 0 Å². The van der Waals surface area contributed by atoms with Gasteiger partial charge < -0.3 is 19.5 Å². The number of guanidine groups is 1. The monoisotopic (exact) mass is 362 g/mol. The van der Waals surface area contributed by atoms with Gasteiger partial charge in [0, 0.05) is 40.9 Å². The van der Waals surface area contributed by atoms with E-state index in [4.69, 9.17) is 4.74 Å². The number of hydrogen-bond donors (Lipinski definition) is 1. The molecule has 0 atom stereocenters. The molecule has 0 fully saturated rings. The fourth-order valence-corrected chi connectivity index (χ4v) is 2.45. The molecule has 0 saturated carbocycles. The van der Waals surface area contributed by atoms with E-state index in [1.54, 1.807) is 13.2 Å². The average molecular weight is 362 g/mol. The Morgan fingerprint density at radius 1 is 1.38 bits per heavy atom. The van der Waals surface area contributed by atoms with Crippen molar-refractivity contribution in [2.75, 3.05) is 27.3 Å². The van der Waals surface area contributed by atoms with Crippen molar-refractivity contribution in [3.05, 3.63) is 47.3 Å². The smallest absolute Gasteiger partial charge is 0.194 e. The molecule has 1 aromatic heterocycles. The van der Waals surface area contributed by atoms with Gasteiger partial charge in [0.1, 0.15) is 18.2 Å². The lowest BCUT2D eigenvalue weighted by Gasteiger charge is -2.22. The molecule has 0 radical (unpaired) electrons. The Morgan fingerprint density at radius 2 is 2.19 bits per heavy atom. The molecule has 1 N–H and O–H groups in total. The number of hydrogen-bond acceptors (Lipinski definition) is 4. The number of aryl methyl sites for hydroxylation is 1. The van der Waals surface area contributed by atoms with E-state index in [-0.39, 0.29) is 5.82 Å². The molecule has 2 aromatic rings. The highest BCUT2D eigenvalue weighted by Gasteiger charge is 2.10. The van der Waals surface area contributed by atoms with Gasteiger partial charge in [-0.3, -0.25) is 0 Å². The number of rotatable bonds is 8. The van der Waals surface area contributed by atoms with Crippen LogP contribution in [0.4, 0.5) is 4.39 Å². The van der Waals surface area contributed by atoms with Crippen LogP contribution < -0.4 is 5.32 Å². The first-order valence-corrected chi connectivity index (χ1v) is 8.59. The number of halogens is 1. The zero-order valence-electron chi connectivity index (χ0n) is 15.9. The van der Waals surface area contributed by atoms with Gasteiger partial charge in [0.25, 0.3) is 0 Å². The third kappa shape index (κ3) is 5.80. The molecule has 1 heterocycles. The summed E-state index contributed by atoms with van der Waals surface area (Å²) in [6.07, 6.45) is 0.867. The van der Waals surface area contributed by atoms with Crippen molar-refractivity contribution in [1.29, 1.82) is 0 Å². The molecular formula is C18H27FN6O. The van der Waals surface area contributed by atoms with Crippen molar-refractivity contribution in [2.24, 2.45) is 12.0 Å². The van der Waals surface area contributed by atoms with Crippen LogP contribution in [0.2, 0.25) is 0 Å². The zero-order chi connectivity index (χ0) is 18.9. The molecule has 7 nitrogen and oxygen atoms in total. The van der Waals surface area contributed by atoms with Gasteiger partial charge in [-0.2, -0.15) is 0 Å². The largest absolute Gasteiger partial charge is 0.385 e. The van der Waals surface area contributed by atoms with E-state index >= 15 is 0 Å². The maximum Gasteiger partial charge on any atom is 0.194 e. The predicted octanol–water partition coefficient (Wildman–Crippen LogP) is 1.88. The maximum absolute atomic E-state index is 13.4. The number of aliphatic imine (C=N–C) groups is 1. The highest BCUT2D eigenvalue weighted by molar-refractivity contribution is 5.79. The lowest BCUT2D eigenvalue weighted by atomic mass is 10.2. The van der Waals surface area contributed by atoms with Gasteiger partial charge in [-0.1, -0.05) is 12.1 Å². The van der Waals surface area contributed by atoms with Gasteiger partial charge in [0.05, 0.1) is 0 Å². The van der Waals surface area contributed by atoms with E-state index in [0.29, 0.717) is 19.7 Å². The van der Waals surface area contributed by atoms with Gasteiger partial charge in [-0.15, -0.1) is 10.2 Å². The number of ether oxygens (including phenoxy) is 1. The first-order chi connectivity index (χ1) is 12.5. The Labute approximate surface area is 153 Å². The fourth-order valence-electron chi connectivity index (χ4n) is 2.45. The molecule has 0 spiro atoms. The molecule has 0 unspecified atom stereocenters. The third-order valence-electron chi connectivity index (χ3n) is 4.03. The number of aromatic nitrogens is 3. The second-order valence-corrected chi connectivity index (χ2v) is 6.12. The molecule has 0 saturated heterocycles. The topological polar surface area (TPSA) is 67.6 Å². The molecule has 1 aromatic carbocycles. The van der Waals surface area contributed by atoms with Gasteiger partial charge in [-0.05, 0) is 31.0 Å². The van der Waals surface area contributed by atoms with Crippen LogP contribution in [0.1, 0.15) is 23.6 Å². The molecule has 0 aliphatic heterocycles. The first kappa shape index (κ1) is 19.8. The average Bonchev–Trinajstić information content (AvgIpc) is 2.93. The highest BCUT2D eigenvalue weighted by atomic mass is 19.1. The molecule has 0 amide bonds. The van der Waals surface area contributed by atoms with Crippen molar-refractivity contribution in [3.63, 3.8) is 0 Å². The molecule has 142 valence electrons. The minimum absolute atomic E-state index is 0.239. The summed E-state index contributed by atoms with van der Waals surface area (Å²) < 4.78 is 20.4. The van der Waals surface area contributed by atoms with Crippen LogP contribution in [0.15, 0.2) is 29.3 Å². The molecule has 0 bridgehead atoms. The van der Waals surface area contributed by atoms with Crippen molar-refractivity contribution in [2.45, 2.75) is 26.4 Å². The fraction of sp³-hybridized carbons (Fsp3) is 0.500. The SMILES string of the molecule is COCCCNC(=NCc1nnc(C)n1C)N(C)Cc1cccc(F)c1. The Balaban J connectivity index is 2.08. The molecular weight excluding hydrogens is 335 g/mol. The maximum atomic E-state index is 13.4. The van der Waals surface area contributed by atoms with E-state index in [2.05, 4.69) is 20.5 Å². The number of nitrogens with one attached hydrogen (secondary N) is 1. The summed E-state index contributed by atoms with van der Waals surface area (Å²) in [5, 5.41) is 11.5. The summed E-state index contributed by atoms with van der Waals surface area (Å²) in [5.41, 5.74) is 0.883. The second kappa shape index (κ2) is 9.86. The minimum atomic E-state index is -0.239. The third-order valence-corrected chi connectivity index (χ3v) is 4.03. The van der Waals surface area contributed by atoms with E-state index in [9.17, 15) is 4.39 Å². The molecule has 26 heavy (non-hydrogen) atoms. The van der Waals surface area contributed by atoms with E-state index in [1.807, 2.05) is 36.6 Å². The summed E-state index contributed by atoms with van der Waals surface area (Å²) in [5.74, 6) is 2.12. The highest BCUT2D eigenvalue weighted by Crippen LogP contribution is 2.07. The molecule has 0 aliphatic carbocycles. The molecule has 0 aliphatic rings. The van der Waals surface area contributed by atoms with Gasteiger partial charge >= 0.3 is 0 Å². The van der Waals surface area contributed by atoms with Gasteiger partial charge in [-0.25, -0.2) is 9.38 Å². The van der Waals surface area contributed by atoms with Crippen LogP contribution >= 0.6 is 0 Å². The summed E-state index contributed by atoms with van der Waals surface area (Å²) in [6, 6.07) is 6.58. The van der Waals surface area contributed by atoms with E-state index < -0.39 is 0 Å². The summed E-state index contributed by atoms with van der Waals surface area (Å²) in [4.78, 5) is 6.62. The van der Waals surface area contributed by atoms with Crippen LogP contribution in [-0.4, -0.2) is 52.9 Å². The van der Waals surface area contributed by atoms with Crippen LogP contribution in [0.3, 0.4) is 0 Å². The Kier molecular flexibility index (Phi) is 7.53. The van der Waals surface area contributed by atoms with Crippen LogP contribution in [0, 0.1) is 12.7 Å². The molecule has 8 heteroatoms. The quantitative estimate of drug-likeness (QED) is 0.441. The minimum Gasteiger partial charge on any atom is -0.385 e. The van der Waals surface area contributed by atoms with Crippen molar-refractivity contribution in [1.82, 2.24) is 25.0 Å². The lowest BCUT2D eigenvalue weighted by Crippen LogP contribution is -2.39. The number of methoxy groups -OCH3 is 1. The van der Waals surface area contributed by atoms with Crippen molar-refractivity contribution >= 4 is 5.96 Å². The first-order valence-electron chi connectivity index (χ1n) is 8.59. The summed E-state index contributed by atoms with van der Waals surface area (Å²) in [6.45, 7) is 4.28. The van der Waals surface area contributed by atoms with Crippen LogP contribution in [-0.2, 0) is 24.9 Å². The zero-order valence-corrected chi connectivity index (χ0v) is 15.9. The van der Waals surface area contributed by atoms with Gasteiger partial charge in [0.2, 0.25) is 0 Å².